The average Bonchev–Trinajstić information content (AvgIpc) is 1.41. The summed E-state index contributed by atoms with van der Waals surface area (Å²) < 4.78 is 57.7. The van der Waals surface area contributed by atoms with Gasteiger partial charge in [-0.2, -0.15) is 5.26 Å². The number of piperidine rings is 5. The molecule has 9 unspecified atom stereocenters. The van der Waals surface area contributed by atoms with Crippen molar-refractivity contribution in [1.82, 2.24) is 24.9 Å². The first kappa shape index (κ1) is 94.4. The third kappa shape index (κ3) is 23.4. The van der Waals surface area contributed by atoms with Crippen LogP contribution in [0.3, 0.4) is 0 Å². The molecule has 0 radical (unpaired) electrons. The first-order valence-corrected chi connectivity index (χ1v) is 51.9. The fourth-order valence-corrected chi connectivity index (χ4v) is 28.6. The Morgan fingerprint density at radius 2 is 0.850 bits per heavy atom. The van der Waals surface area contributed by atoms with Gasteiger partial charge in [0, 0.05) is 78.6 Å². The molecule has 21 rings (SSSR count). The highest BCUT2D eigenvalue weighted by Gasteiger charge is 2.47. The Hall–Kier alpha value is -5.79. The topological polar surface area (TPSA) is 94.9 Å². The highest BCUT2D eigenvalue weighted by molar-refractivity contribution is 6.31. The molecule has 0 amide bonds. The molecule has 15 fully saturated rings. The molecule has 10 aliphatic carbocycles. The summed E-state index contributed by atoms with van der Waals surface area (Å²) in [5, 5.41) is 13.8. The monoisotopic (exact) mass is 1770 g/mol. The number of nitrogens with one attached hydrogen (secondary N) is 1. The molecule has 0 spiro atoms. The summed E-state index contributed by atoms with van der Waals surface area (Å²) in [7, 11) is 8.71. The number of hydrogen-bond donors (Lipinski definition) is 1. The van der Waals surface area contributed by atoms with Crippen LogP contribution in [0, 0.1) is 89.2 Å². The number of nitrogens with zero attached hydrogens (tertiary/aromatic N) is 5. The van der Waals surface area contributed by atoms with Crippen molar-refractivity contribution in [2.75, 3.05) is 101 Å². The third-order valence-electron chi connectivity index (χ3n) is 35.5. The summed E-state index contributed by atoms with van der Waals surface area (Å²) >= 11 is 12.4. The first-order valence-electron chi connectivity index (χ1n) is 51.1. The van der Waals surface area contributed by atoms with E-state index < -0.39 is 5.67 Å². The van der Waals surface area contributed by atoms with Gasteiger partial charge in [0.15, 0.2) is 0 Å². The van der Waals surface area contributed by atoms with E-state index in [0.29, 0.717) is 58.5 Å². The Labute approximate surface area is 774 Å². The SMILES string of the molecule is COc1ccc(-c2ccc(C#N)cc2)cc1C1CCN(C2CCC3CCC(C3)C2)CC1.COc1ccc(Cl)cc1C1(F)CCN(C2CCCC3CCC2C3)CC1.COc1ccc(Cl)cc1C1(OC)CCN(C2CCCC3CCC2C3)CC1.COc1ccccc1C1CCNCC1.C[C@H]1C[C@H]2CC[C@H]1C2.Cc1ccc(F)cc1C1CCN([C@H]2CCC[C@H]3CC[C@H]2C3)CC1. The van der Waals surface area contributed by atoms with Gasteiger partial charge in [-0.25, -0.2) is 8.78 Å². The highest BCUT2D eigenvalue weighted by atomic mass is 35.5. The molecule has 5 aliphatic heterocycles. The van der Waals surface area contributed by atoms with Gasteiger partial charge in [-0.1, -0.05) is 150 Å². The molecule has 6 aromatic carbocycles. The smallest absolute Gasteiger partial charge is 0.142 e. The number of aryl methyl sites for hydroxylation is 1. The predicted molar refractivity (Wildman–Crippen MR) is 517 cm³/mol. The second kappa shape index (κ2) is 44.8. The van der Waals surface area contributed by atoms with Crippen molar-refractivity contribution in [3.63, 3.8) is 0 Å². The van der Waals surface area contributed by atoms with Gasteiger partial charge in [-0.05, 0) is 408 Å². The fourth-order valence-electron chi connectivity index (χ4n) is 28.3. The zero-order valence-electron chi connectivity index (χ0n) is 78.7. The van der Waals surface area contributed by atoms with Crippen molar-refractivity contribution in [2.24, 2.45) is 65.1 Å². The van der Waals surface area contributed by atoms with Crippen molar-refractivity contribution in [3.05, 3.63) is 176 Å². The predicted octanol–water partition coefficient (Wildman–Crippen LogP) is 27.1. The van der Waals surface area contributed by atoms with E-state index in [-0.39, 0.29) is 11.4 Å². The maximum atomic E-state index is 15.8. The van der Waals surface area contributed by atoms with Gasteiger partial charge in [0.05, 0.1) is 45.7 Å². The van der Waals surface area contributed by atoms with Crippen LogP contribution < -0.4 is 24.3 Å². The zero-order valence-corrected chi connectivity index (χ0v) is 80.2. The van der Waals surface area contributed by atoms with E-state index in [1.54, 1.807) is 84.5 Å². The number of alkyl halides is 1. The lowest BCUT2D eigenvalue weighted by atomic mass is 9.81. The van der Waals surface area contributed by atoms with Crippen LogP contribution in [0.1, 0.15) is 308 Å². The standard InChI is InChI=1S/C28H34N2O.C22H32ClNO2.C21H29ClFNO.C21H30FN.C12H17NO.C8H14/c1-31-28-11-9-25(23-7-4-21(19-29)5-8-23)18-27(28)24-12-14-30(15-13-24)26-10-6-20-2-3-22(16-20)17-26;1-25-21-9-8-18(23)15-19(21)22(26-2)10-12-24(13-11-22)20-5-3-4-16-6-7-17(20)14-16;1-25-20-8-7-17(22)14-18(20)21(23)9-11-24(12-10-21)19-4-2-3-15-5-6-16(19)13-15;1-15-5-8-19(22)14-20(15)17-9-11-23(12-10-17)21-4-2-3-16-6-7-18(21)13-16;1-14-12-5-3-2-4-11(12)10-6-8-13-9-7-10;1-6-4-7-2-3-8(6)5-7/h4-5,7-9,11,18,20,22,24,26H,2-3,6,10,12-17H2,1H3;8-9,15-17,20H,3-7,10-14H2,1-2H3;7-8,14-16,19H,2-6,9-13H2,1H3;5,8,14,16-18,21H,2-4,6-7,9-13H2,1H3;2-5,10,13H,6-9H2,1H3;6-8H,2-5H2,1H3/t;;;16-,18-,21-;;6-,7+,8-/m...0.0/s1. The zero-order chi connectivity index (χ0) is 88.0. The van der Waals surface area contributed by atoms with Crippen molar-refractivity contribution in [1.29, 1.82) is 5.26 Å². The summed E-state index contributed by atoms with van der Waals surface area (Å²) in [4.78, 5) is 11.0. The fraction of sp³-hybridized carbons (Fsp3) is 0.670. The highest BCUT2D eigenvalue weighted by Crippen LogP contribution is 2.53. The normalized spacial score (nSPS) is 30.7. The molecule has 10 bridgehead atoms. The molecule has 692 valence electrons. The van der Waals surface area contributed by atoms with Crippen LogP contribution in [0.15, 0.2) is 121 Å². The molecule has 5 heterocycles. The molecule has 15 aliphatic rings. The first-order chi connectivity index (χ1) is 61.9. The lowest BCUT2D eigenvalue weighted by Gasteiger charge is -2.45. The maximum absolute atomic E-state index is 15.8. The molecule has 1 N–H and O–H groups in total. The van der Waals surface area contributed by atoms with E-state index in [0.717, 1.165) is 169 Å². The Morgan fingerprint density at radius 3 is 1.39 bits per heavy atom. The summed E-state index contributed by atoms with van der Waals surface area (Å²) in [6.07, 6.45) is 51.1. The Kier molecular flexibility index (Phi) is 33.3. The van der Waals surface area contributed by atoms with E-state index in [9.17, 15) is 4.39 Å². The van der Waals surface area contributed by atoms with Gasteiger partial charge in [0.2, 0.25) is 0 Å². The molecule has 127 heavy (non-hydrogen) atoms. The molecule has 0 aromatic heterocycles. The molecule has 5 saturated heterocycles. The van der Waals surface area contributed by atoms with Crippen LogP contribution in [-0.2, 0) is 16.0 Å². The third-order valence-corrected chi connectivity index (χ3v) is 35.9. The van der Waals surface area contributed by atoms with E-state index in [2.05, 4.69) is 81.2 Å². The number of fused-ring (bicyclic) bond motifs is 10. The van der Waals surface area contributed by atoms with E-state index in [1.807, 2.05) is 61.7 Å². The molecule has 15 atom stereocenters. The van der Waals surface area contributed by atoms with Gasteiger partial charge in [-0.15, -0.1) is 0 Å². The lowest BCUT2D eigenvalue weighted by molar-refractivity contribution is -0.0747. The second-order valence-electron chi connectivity index (χ2n) is 42.4. The minimum absolute atomic E-state index is 0.0752. The average molecular weight is 1780 g/mol. The number of likely N-dealkylation sites (tertiary alicyclic amines) is 4. The minimum Gasteiger partial charge on any atom is -0.496 e. The molecule has 15 heteroatoms. The van der Waals surface area contributed by atoms with E-state index >= 15 is 4.39 Å². The molecule has 6 aromatic rings. The number of benzene rings is 6. The summed E-state index contributed by atoms with van der Waals surface area (Å²) in [6, 6.07) is 44.7. The van der Waals surface area contributed by atoms with Crippen molar-refractivity contribution < 1.29 is 32.5 Å². The Balaban J connectivity index is 0.000000116. The van der Waals surface area contributed by atoms with Crippen LogP contribution >= 0.6 is 23.2 Å². The van der Waals surface area contributed by atoms with E-state index in [1.165, 1.54) is 247 Å². The number of rotatable bonds is 15. The largest absolute Gasteiger partial charge is 0.496 e. The van der Waals surface area contributed by atoms with Crippen molar-refractivity contribution in [2.45, 2.75) is 311 Å². The quantitative estimate of drug-likeness (QED) is 0.107. The lowest BCUT2D eigenvalue weighted by Crippen LogP contribution is -2.49. The number of ether oxygens (including phenoxy) is 5. The Morgan fingerprint density at radius 1 is 0.394 bits per heavy atom. The number of hydrogen-bond acceptors (Lipinski definition) is 11. The number of para-hydroxylation sites is 1. The van der Waals surface area contributed by atoms with Crippen LogP contribution in [-0.4, -0.2) is 145 Å². The van der Waals surface area contributed by atoms with Gasteiger partial charge >= 0.3 is 0 Å². The molecular formula is C112H156Cl2F2N6O5. The van der Waals surface area contributed by atoms with Gasteiger partial charge < -0.3 is 38.8 Å². The second-order valence-corrected chi connectivity index (χ2v) is 43.3. The minimum atomic E-state index is -1.32. The molecule has 11 nitrogen and oxygen atoms in total. The molecular weight excluding hydrogens is 1620 g/mol. The summed E-state index contributed by atoms with van der Waals surface area (Å²) in [5.74, 6) is 16.4. The van der Waals surface area contributed by atoms with Crippen LogP contribution in [0.2, 0.25) is 10.0 Å². The van der Waals surface area contributed by atoms with Gasteiger partial charge in [-0.3, -0.25) is 9.80 Å². The number of halogens is 4. The summed E-state index contributed by atoms with van der Waals surface area (Å²) in [6.45, 7) is 15.6. The van der Waals surface area contributed by atoms with E-state index in [4.69, 9.17) is 52.1 Å². The van der Waals surface area contributed by atoms with Crippen LogP contribution in [0.4, 0.5) is 8.78 Å². The van der Waals surface area contributed by atoms with Crippen LogP contribution in [0.5, 0.6) is 23.0 Å². The molecule has 10 saturated carbocycles. The number of methoxy groups -OCH3 is 5. The van der Waals surface area contributed by atoms with Crippen molar-refractivity contribution in [3.8, 4) is 40.2 Å². The van der Waals surface area contributed by atoms with Gasteiger partial charge in [0.1, 0.15) is 34.5 Å². The number of nitriles is 1. The Bertz CT molecular complexity index is 4480. The maximum Gasteiger partial charge on any atom is 0.142 e. The van der Waals surface area contributed by atoms with Gasteiger partial charge in [0.25, 0.3) is 0 Å². The summed E-state index contributed by atoms with van der Waals surface area (Å²) in [5.41, 5.74) is 8.45. The van der Waals surface area contributed by atoms with Crippen LogP contribution in [0.25, 0.3) is 11.1 Å². The van der Waals surface area contributed by atoms with Crippen molar-refractivity contribution >= 4 is 23.2 Å².